The maximum absolute atomic E-state index is 8.67. The largest absolute Gasteiger partial charge is 0.256 e. The summed E-state index contributed by atoms with van der Waals surface area (Å²) in [4.78, 5) is 4.34. The average Bonchev–Trinajstić information content (AvgIpc) is 2.39. The molecule has 0 aliphatic heterocycles. The Hall–Kier alpha value is -1.67. The molecular weight excluding hydrogens is 323 g/mol. The highest BCUT2D eigenvalue weighted by molar-refractivity contribution is 14.1. The molecular formula is C14H9IN2. The summed E-state index contributed by atoms with van der Waals surface area (Å²) < 4.78 is 1.21. The van der Waals surface area contributed by atoms with Gasteiger partial charge in [0.25, 0.3) is 0 Å². The van der Waals surface area contributed by atoms with Gasteiger partial charge in [-0.3, -0.25) is 4.99 Å². The molecule has 0 aromatic heterocycles. The molecule has 2 rings (SSSR count). The third-order valence-corrected chi connectivity index (χ3v) is 2.95. The lowest BCUT2D eigenvalue weighted by molar-refractivity contribution is 1.46. The first-order chi connectivity index (χ1) is 8.28. The lowest BCUT2D eigenvalue weighted by Gasteiger charge is -1.95. The normalized spacial score (nSPS) is 10.4. The highest BCUT2D eigenvalue weighted by Crippen LogP contribution is 2.13. The van der Waals surface area contributed by atoms with Gasteiger partial charge in [-0.05, 0) is 64.6 Å². The SMILES string of the molecule is N#Cc1ccc(N=Cc2ccc(I)cc2)cc1. The molecule has 0 amide bonds. The molecule has 0 heterocycles. The highest BCUT2D eigenvalue weighted by atomic mass is 127. The number of rotatable bonds is 2. The van der Waals surface area contributed by atoms with Crippen LogP contribution in [0.5, 0.6) is 0 Å². The third kappa shape index (κ3) is 3.40. The Kier molecular flexibility index (Phi) is 3.89. The zero-order valence-electron chi connectivity index (χ0n) is 8.97. The van der Waals surface area contributed by atoms with Crippen LogP contribution in [0, 0.1) is 14.9 Å². The van der Waals surface area contributed by atoms with E-state index in [1.165, 1.54) is 3.57 Å². The van der Waals surface area contributed by atoms with Gasteiger partial charge in [0.2, 0.25) is 0 Å². The van der Waals surface area contributed by atoms with Gasteiger partial charge in [-0.15, -0.1) is 0 Å². The van der Waals surface area contributed by atoms with Gasteiger partial charge in [0, 0.05) is 9.78 Å². The molecule has 17 heavy (non-hydrogen) atoms. The van der Waals surface area contributed by atoms with E-state index in [0.29, 0.717) is 5.56 Å². The van der Waals surface area contributed by atoms with E-state index in [-0.39, 0.29) is 0 Å². The smallest absolute Gasteiger partial charge is 0.0991 e. The Morgan fingerprint density at radius 2 is 1.65 bits per heavy atom. The molecule has 82 valence electrons. The molecule has 0 spiro atoms. The van der Waals surface area contributed by atoms with Gasteiger partial charge in [-0.25, -0.2) is 0 Å². The van der Waals surface area contributed by atoms with Crippen LogP contribution in [0.15, 0.2) is 53.5 Å². The van der Waals surface area contributed by atoms with Crippen LogP contribution in [-0.4, -0.2) is 6.21 Å². The molecule has 0 bridgehead atoms. The molecule has 0 saturated carbocycles. The molecule has 0 aliphatic rings. The van der Waals surface area contributed by atoms with E-state index in [1.807, 2.05) is 42.6 Å². The number of aliphatic imine (C=N–C) groups is 1. The topological polar surface area (TPSA) is 36.1 Å². The van der Waals surface area contributed by atoms with Gasteiger partial charge >= 0.3 is 0 Å². The van der Waals surface area contributed by atoms with Crippen LogP contribution in [0.4, 0.5) is 5.69 Å². The van der Waals surface area contributed by atoms with E-state index in [1.54, 1.807) is 12.1 Å². The fourth-order valence-corrected chi connectivity index (χ4v) is 1.68. The molecule has 2 nitrogen and oxygen atoms in total. The molecule has 2 aromatic carbocycles. The van der Waals surface area contributed by atoms with Crippen molar-refractivity contribution in [2.75, 3.05) is 0 Å². The maximum atomic E-state index is 8.67. The number of nitrogens with zero attached hydrogens (tertiary/aromatic N) is 2. The fourth-order valence-electron chi connectivity index (χ4n) is 1.32. The van der Waals surface area contributed by atoms with E-state index in [4.69, 9.17) is 5.26 Å². The van der Waals surface area contributed by atoms with Gasteiger partial charge in [0.15, 0.2) is 0 Å². The molecule has 0 fully saturated rings. The van der Waals surface area contributed by atoms with Crippen molar-refractivity contribution < 1.29 is 0 Å². The van der Waals surface area contributed by atoms with Crippen LogP contribution < -0.4 is 0 Å². The predicted octanol–water partition coefficient (Wildman–Crippen LogP) is 3.91. The standard InChI is InChI=1S/C14H9IN2/c15-13-5-1-12(2-6-13)10-17-14-7-3-11(9-16)4-8-14/h1-8,10H. The minimum absolute atomic E-state index is 0.651. The number of benzene rings is 2. The van der Waals surface area contributed by atoms with E-state index in [0.717, 1.165) is 11.3 Å². The summed E-state index contributed by atoms with van der Waals surface area (Å²) in [5, 5.41) is 8.67. The van der Waals surface area contributed by atoms with Crippen molar-refractivity contribution in [1.29, 1.82) is 5.26 Å². The van der Waals surface area contributed by atoms with Gasteiger partial charge < -0.3 is 0 Å². The van der Waals surface area contributed by atoms with Crippen molar-refractivity contribution in [2.24, 2.45) is 4.99 Å². The molecule has 2 aromatic rings. The van der Waals surface area contributed by atoms with Crippen LogP contribution in [0.25, 0.3) is 0 Å². The first kappa shape index (κ1) is 11.8. The summed E-state index contributed by atoms with van der Waals surface area (Å²) in [6.07, 6.45) is 1.82. The molecule has 3 heteroatoms. The second kappa shape index (κ2) is 5.60. The zero-order valence-corrected chi connectivity index (χ0v) is 11.1. The van der Waals surface area contributed by atoms with Crippen molar-refractivity contribution in [2.45, 2.75) is 0 Å². The Morgan fingerprint density at radius 3 is 2.24 bits per heavy atom. The van der Waals surface area contributed by atoms with Crippen molar-refractivity contribution in [3.05, 3.63) is 63.2 Å². The van der Waals surface area contributed by atoms with Crippen molar-refractivity contribution in [1.82, 2.24) is 0 Å². The zero-order chi connectivity index (χ0) is 12.1. The monoisotopic (exact) mass is 332 g/mol. The molecule has 0 unspecified atom stereocenters. The van der Waals surface area contributed by atoms with Crippen LogP contribution in [0.1, 0.15) is 11.1 Å². The number of hydrogen-bond donors (Lipinski definition) is 0. The Balaban J connectivity index is 2.14. The molecule has 0 saturated heterocycles. The van der Waals surface area contributed by atoms with Crippen LogP contribution in [0.2, 0.25) is 0 Å². The number of nitriles is 1. The van der Waals surface area contributed by atoms with Crippen LogP contribution in [-0.2, 0) is 0 Å². The molecule has 0 aliphatic carbocycles. The highest BCUT2D eigenvalue weighted by Gasteiger charge is 1.91. The summed E-state index contributed by atoms with van der Waals surface area (Å²) in [6.45, 7) is 0. The second-order valence-electron chi connectivity index (χ2n) is 3.47. The average molecular weight is 332 g/mol. The second-order valence-corrected chi connectivity index (χ2v) is 4.71. The minimum Gasteiger partial charge on any atom is -0.256 e. The summed E-state index contributed by atoms with van der Waals surface area (Å²) in [5.74, 6) is 0. The minimum atomic E-state index is 0.651. The Bertz CT molecular complexity index is 563. The lowest BCUT2D eigenvalue weighted by atomic mass is 10.2. The van der Waals surface area contributed by atoms with E-state index < -0.39 is 0 Å². The van der Waals surface area contributed by atoms with Crippen LogP contribution >= 0.6 is 22.6 Å². The maximum Gasteiger partial charge on any atom is 0.0991 e. The number of halogens is 1. The Morgan fingerprint density at radius 1 is 1.00 bits per heavy atom. The summed E-state index contributed by atoms with van der Waals surface area (Å²) in [7, 11) is 0. The van der Waals surface area contributed by atoms with E-state index in [2.05, 4.69) is 33.7 Å². The van der Waals surface area contributed by atoms with Crippen LogP contribution in [0.3, 0.4) is 0 Å². The van der Waals surface area contributed by atoms with Crippen molar-refractivity contribution >= 4 is 34.5 Å². The predicted molar refractivity (Wildman–Crippen MR) is 77.6 cm³/mol. The van der Waals surface area contributed by atoms with Gasteiger partial charge in [-0.1, -0.05) is 12.1 Å². The van der Waals surface area contributed by atoms with Gasteiger partial charge in [0.1, 0.15) is 0 Å². The fraction of sp³-hybridized carbons (Fsp3) is 0. The first-order valence-electron chi connectivity index (χ1n) is 5.08. The van der Waals surface area contributed by atoms with Gasteiger partial charge in [-0.2, -0.15) is 5.26 Å². The third-order valence-electron chi connectivity index (χ3n) is 2.23. The van der Waals surface area contributed by atoms with E-state index >= 15 is 0 Å². The van der Waals surface area contributed by atoms with Gasteiger partial charge in [0.05, 0.1) is 17.3 Å². The summed E-state index contributed by atoms with van der Waals surface area (Å²) in [5.41, 5.74) is 2.57. The number of hydrogen-bond acceptors (Lipinski definition) is 2. The Labute approximate surface area is 114 Å². The first-order valence-corrected chi connectivity index (χ1v) is 6.15. The van der Waals surface area contributed by atoms with Crippen molar-refractivity contribution in [3.8, 4) is 6.07 Å². The molecule has 0 atom stereocenters. The quantitative estimate of drug-likeness (QED) is 0.607. The van der Waals surface area contributed by atoms with Crippen molar-refractivity contribution in [3.63, 3.8) is 0 Å². The molecule has 0 N–H and O–H groups in total. The summed E-state index contributed by atoms with van der Waals surface area (Å²) in [6, 6.07) is 17.4. The lowest BCUT2D eigenvalue weighted by Crippen LogP contribution is -1.80. The van der Waals surface area contributed by atoms with E-state index in [9.17, 15) is 0 Å². The summed E-state index contributed by atoms with van der Waals surface area (Å²) >= 11 is 2.27. The molecule has 0 radical (unpaired) electrons.